The van der Waals surface area contributed by atoms with E-state index < -0.39 is 33.2 Å². The number of alkyl halides is 3. The first kappa shape index (κ1) is 20.2. The maximum absolute atomic E-state index is 13.2. The van der Waals surface area contributed by atoms with E-state index in [0.29, 0.717) is 5.56 Å². The minimum absolute atomic E-state index is 0.00689. The van der Waals surface area contributed by atoms with Gasteiger partial charge in [-0.05, 0) is 42.8 Å². The van der Waals surface area contributed by atoms with E-state index in [0.717, 1.165) is 12.1 Å². The Morgan fingerprint density at radius 3 is 2.19 bits per heavy atom. The lowest BCUT2D eigenvalue weighted by atomic mass is 10.1. The number of hydrogen-bond acceptors (Lipinski definition) is 3. The minimum Gasteiger partial charge on any atom is -0.328 e. The third kappa shape index (κ3) is 4.96. The third-order valence-electron chi connectivity index (χ3n) is 3.39. The summed E-state index contributed by atoms with van der Waals surface area (Å²) >= 11 is 5.64. The SMILES string of the molecule is Cc1ccccc1C(=O)N[C@@H](NS(=O)(=O)c1ccc(Cl)cc1)C(F)(F)F. The van der Waals surface area contributed by atoms with Crippen molar-refractivity contribution in [1.29, 1.82) is 0 Å². The van der Waals surface area contributed by atoms with Gasteiger partial charge in [0.05, 0.1) is 4.90 Å². The van der Waals surface area contributed by atoms with Crippen LogP contribution < -0.4 is 10.0 Å². The molecule has 2 aromatic rings. The highest BCUT2D eigenvalue weighted by Crippen LogP contribution is 2.22. The predicted octanol–water partition coefficient (Wildman–Crippen LogP) is 3.25. The first-order valence-electron chi connectivity index (χ1n) is 7.22. The van der Waals surface area contributed by atoms with E-state index in [1.54, 1.807) is 24.4 Å². The number of carbonyl (C=O) groups is 1. The minimum atomic E-state index is -5.04. The molecule has 0 bridgehead atoms. The molecule has 2 aromatic carbocycles. The standard InChI is InChI=1S/C16H14ClF3N2O3S/c1-10-4-2-3-5-13(10)14(23)21-15(16(18,19)20)22-26(24,25)12-8-6-11(17)7-9-12/h2-9,15,22H,1H3,(H,21,23)/t15-/m0/s1. The Labute approximate surface area is 153 Å². The number of halogens is 4. The zero-order valence-electron chi connectivity index (χ0n) is 13.3. The van der Waals surface area contributed by atoms with Crippen molar-refractivity contribution in [3.05, 3.63) is 64.7 Å². The predicted molar refractivity (Wildman–Crippen MR) is 90.3 cm³/mol. The second-order valence-electron chi connectivity index (χ2n) is 5.34. The number of amides is 1. The second kappa shape index (κ2) is 7.65. The van der Waals surface area contributed by atoms with E-state index >= 15 is 0 Å². The van der Waals surface area contributed by atoms with Crippen molar-refractivity contribution in [3.8, 4) is 0 Å². The van der Waals surface area contributed by atoms with E-state index in [1.807, 2.05) is 0 Å². The van der Waals surface area contributed by atoms with Crippen molar-refractivity contribution < 1.29 is 26.4 Å². The molecule has 0 heterocycles. The van der Waals surface area contributed by atoms with Gasteiger partial charge < -0.3 is 5.32 Å². The molecule has 140 valence electrons. The molecule has 1 atom stereocenters. The van der Waals surface area contributed by atoms with Crippen LogP contribution in [0.5, 0.6) is 0 Å². The number of nitrogens with one attached hydrogen (secondary N) is 2. The molecule has 0 saturated heterocycles. The lowest BCUT2D eigenvalue weighted by Crippen LogP contribution is -2.56. The van der Waals surface area contributed by atoms with E-state index in [2.05, 4.69) is 0 Å². The van der Waals surface area contributed by atoms with E-state index in [1.165, 1.54) is 29.0 Å². The van der Waals surface area contributed by atoms with Gasteiger partial charge in [-0.1, -0.05) is 29.8 Å². The number of benzene rings is 2. The van der Waals surface area contributed by atoms with E-state index in [9.17, 15) is 26.4 Å². The number of rotatable bonds is 5. The molecular weight excluding hydrogens is 393 g/mol. The molecule has 0 spiro atoms. The fraction of sp³-hybridized carbons (Fsp3) is 0.188. The van der Waals surface area contributed by atoms with Crippen LogP contribution in [0.1, 0.15) is 15.9 Å². The van der Waals surface area contributed by atoms with Crippen LogP contribution in [0.25, 0.3) is 0 Å². The molecule has 0 aliphatic rings. The van der Waals surface area contributed by atoms with Gasteiger partial charge in [-0.3, -0.25) is 4.79 Å². The van der Waals surface area contributed by atoms with Crippen molar-refractivity contribution in [3.63, 3.8) is 0 Å². The van der Waals surface area contributed by atoms with Gasteiger partial charge in [0.2, 0.25) is 10.0 Å². The summed E-state index contributed by atoms with van der Waals surface area (Å²) in [4.78, 5) is 11.7. The smallest absolute Gasteiger partial charge is 0.328 e. The lowest BCUT2D eigenvalue weighted by molar-refractivity contribution is -0.155. The molecule has 2 N–H and O–H groups in total. The molecule has 0 aliphatic heterocycles. The number of aryl methyl sites for hydroxylation is 1. The highest BCUT2D eigenvalue weighted by molar-refractivity contribution is 7.89. The van der Waals surface area contributed by atoms with Crippen molar-refractivity contribution in [1.82, 2.24) is 10.0 Å². The summed E-state index contributed by atoms with van der Waals surface area (Å²) in [5, 5.41) is 1.90. The summed E-state index contributed by atoms with van der Waals surface area (Å²) in [5.74, 6) is -1.05. The molecule has 2 rings (SSSR count). The van der Waals surface area contributed by atoms with Crippen LogP contribution >= 0.6 is 11.6 Å². The molecule has 0 fully saturated rings. The van der Waals surface area contributed by atoms with Crippen LogP contribution in [0.2, 0.25) is 5.02 Å². The molecule has 0 radical (unpaired) electrons. The van der Waals surface area contributed by atoms with Crippen LogP contribution in [-0.2, 0) is 10.0 Å². The summed E-state index contributed by atoms with van der Waals surface area (Å²) in [7, 11) is -4.54. The zero-order chi connectivity index (χ0) is 19.5. The summed E-state index contributed by atoms with van der Waals surface area (Å²) in [6.07, 6.45) is -7.84. The Hall–Kier alpha value is -2.10. The highest BCUT2D eigenvalue weighted by Gasteiger charge is 2.43. The maximum atomic E-state index is 13.2. The quantitative estimate of drug-likeness (QED) is 0.748. The average molecular weight is 407 g/mol. The zero-order valence-corrected chi connectivity index (χ0v) is 14.9. The van der Waals surface area contributed by atoms with Crippen LogP contribution in [0, 0.1) is 6.92 Å². The first-order chi connectivity index (χ1) is 12.0. The lowest BCUT2D eigenvalue weighted by Gasteiger charge is -2.23. The normalized spacial score (nSPS) is 13.3. The van der Waals surface area contributed by atoms with Gasteiger partial charge in [0.25, 0.3) is 5.91 Å². The summed E-state index contributed by atoms with van der Waals surface area (Å²) in [6.45, 7) is 1.55. The van der Waals surface area contributed by atoms with Gasteiger partial charge in [0.1, 0.15) is 0 Å². The fourth-order valence-corrected chi connectivity index (χ4v) is 3.31. The second-order valence-corrected chi connectivity index (χ2v) is 7.49. The van der Waals surface area contributed by atoms with Crippen molar-refractivity contribution in [2.24, 2.45) is 0 Å². The van der Waals surface area contributed by atoms with Crippen molar-refractivity contribution >= 4 is 27.5 Å². The molecule has 0 unspecified atom stereocenters. The molecule has 1 amide bonds. The van der Waals surface area contributed by atoms with Crippen molar-refractivity contribution in [2.45, 2.75) is 24.2 Å². The summed E-state index contributed by atoms with van der Waals surface area (Å²) < 4.78 is 65.6. The highest BCUT2D eigenvalue weighted by atomic mass is 35.5. The molecule has 10 heteroatoms. The van der Waals surface area contributed by atoms with Crippen LogP contribution in [0.3, 0.4) is 0 Å². The Balaban J connectivity index is 2.27. The van der Waals surface area contributed by atoms with Gasteiger partial charge in [-0.25, -0.2) is 8.42 Å². The van der Waals surface area contributed by atoms with Gasteiger partial charge in [0, 0.05) is 10.6 Å². The first-order valence-corrected chi connectivity index (χ1v) is 9.08. The fourth-order valence-electron chi connectivity index (χ4n) is 2.05. The topological polar surface area (TPSA) is 75.3 Å². The third-order valence-corrected chi connectivity index (χ3v) is 5.08. The van der Waals surface area contributed by atoms with Gasteiger partial charge in [0.15, 0.2) is 6.17 Å². The molecule has 0 saturated carbocycles. The largest absolute Gasteiger partial charge is 0.423 e. The van der Waals surface area contributed by atoms with E-state index in [4.69, 9.17) is 11.6 Å². The van der Waals surface area contributed by atoms with E-state index in [-0.39, 0.29) is 10.6 Å². The average Bonchev–Trinajstić information content (AvgIpc) is 2.54. The van der Waals surface area contributed by atoms with Crippen LogP contribution in [0.15, 0.2) is 53.4 Å². The van der Waals surface area contributed by atoms with Gasteiger partial charge in [-0.2, -0.15) is 17.9 Å². The summed E-state index contributed by atoms with van der Waals surface area (Å²) in [6, 6.07) is 10.6. The van der Waals surface area contributed by atoms with Gasteiger partial charge >= 0.3 is 6.18 Å². The van der Waals surface area contributed by atoms with Crippen LogP contribution in [-0.4, -0.2) is 26.7 Å². The molecule has 26 heavy (non-hydrogen) atoms. The Morgan fingerprint density at radius 1 is 1.08 bits per heavy atom. The summed E-state index contributed by atoms with van der Waals surface area (Å²) in [5.41, 5.74) is 0.457. The Morgan fingerprint density at radius 2 is 1.65 bits per heavy atom. The molecule has 0 aromatic heterocycles. The Kier molecular flexibility index (Phi) is 5.94. The van der Waals surface area contributed by atoms with Crippen LogP contribution in [0.4, 0.5) is 13.2 Å². The number of sulfonamides is 1. The maximum Gasteiger partial charge on any atom is 0.423 e. The number of carbonyl (C=O) groups excluding carboxylic acids is 1. The Bertz CT molecular complexity index is 900. The van der Waals surface area contributed by atoms with Crippen molar-refractivity contribution in [2.75, 3.05) is 0 Å². The molecule has 5 nitrogen and oxygen atoms in total. The molecular formula is C16H14ClF3N2O3S. The monoisotopic (exact) mass is 406 g/mol. The molecule has 0 aliphatic carbocycles. The van der Waals surface area contributed by atoms with Gasteiger partial charge in [-0.15, -0.1) is 0 Å². The number of hydrogen-bond donors (Lipinski definition) is 2.